The average Bonchev–Trinajstić information content (AvgIpc) is 2.35. The van der Waals surface area contributed by atoms with E-state index in [1.54, 1.807) is 0 Å². The van der Waals surface area contributed by atoms with Crippen LogP contribution in [-0.4, -0.2) is 0 Å². The van der Waals surface area contributed by atoms with Crippen LogP contribution in [0.25, 0.3) is 0 Å². The number of benzene rings is 2. The number of alkyl halides is 1. The number of aryl methyl sites for hydroxylation is 1. The molecule has 0 spiro atoms. The van der Waals surface area contributed by atoms with Gasteiger partial charge < -0.3 is 0 Å². The fraction of sp³-hybridized carbons (Fsp3) is 0.200. The van der Waals surface area contributed by atoms with Crippen LogP contribution in [0.3, 0.4) is 0 Å². The Kier molecular flexibility index (Phi) is 5.05. The van der Waals surface area contributed by atoms with Gasteiger partial charge in [0.2, 0.25) is 0 Å². The van der Waals surface area contributed by atoms with Gasteiger partial charge in [-0.2, -0.15) is 0 Å². The minimum Gasteiger partial charge on any atom is -0.0835 e. The molecule has 0 saturated heterocycles. The standard InChI is InChI=1S/C15H13Br3/c1-10-2-4-11(5-3-10)8-15(18)13-9-12(16)6-7-14(13)17/h2-7,9,15H,8H2,1H3. The SMILES string of the molecule is Cc1ccc(CC(Br)c2cc(Br)ccc2Br)cc1. The Morgan fingerprint density at radius 1 is 1.00 bits per heavy atom. The molecule has 2 rings (SSSR count). The molecule has 0 bridgehead atoms. The van der Waals surface area contributed by atoms with Gasteiger partial charge in [-0.3, -0.25) is 0 Å². The molecule has 0 amide bonds. The maximum absolute atomic E-state index is 3.78. The van der Waals surface area contributed by atoms with Gasteiger partial charge in [-0.05, 0) is 42.7 Å². The zero-order valence-electron chi connectivity index (χ0n) is 9.96. The molecule has 0 aromatic heterocycles. The first-order chi connectivity index (χ1) is 8.56. The molecule has 2 aromatic rings. The number of hydrogen-bond acceptors (Lipinski definition) is 0. The van der Waals surface area contributed by atoms with Gasteiger partial charge in [-0.15, -0.1) is 0 Å². The summed E-state index contributed by atoms with van der Waals surface area (Å²) in [5, 5.41) is 0. The molecule has 0 aliphatic carbocycles. The molecule has 3 heteroatoms. The average molecular weight is 433 g/mol. The van der Waals surface area contributed by atoms with Crippen LogP contribution in [0.2, 0.25) is 0 Å². The van der Waals surface area contributed by atoms with E-state index in [1.165, 1.54) is 16.7 Å². The lowest BCUT2D eigenvalue weighted by molar-refractivity contribution is 0.941. The van der Waals surface area contributed by atoms with E-state index in [2.05, 4.69) is 91.1 Å². The largest absolute Gasteiger partial charge is 0.0835 e. The lowest BCUT2D eigenvalue weighted by Gasteiger charge is -2.13. The second-order valence-electron chi connectivity index (χ2n) is 4.32. The van der Waals surface area contributed by atoms with E-state index >= 15 is 0 Å². The monoisotopic (exact) mass is 430 g/mol. The Morgan fingerprint density at radius 3 is 2.33 bits per heavy atom. The molecule has 0 fully saturated rings. The van der Waals surface area contributed by atoms with Crippen molar-refractivity contribution < 1.29 is 0 Å². The highest BCUT2D eigenvalue weighted by Gasteiger charge is 2.12. The van der Waals surface area contributed by atoms with Crippen LogP contribution in [-0.2, 0) is 6.42 Å². The summed E-state index contributed by atoms with van der Waals surface area (Å²) in [5.74, 6) is 0. The van der Waals surface area contributed by atoms with Crippen LogP contribution < -0.4 is 0 Å². The fourth-order valence-electron chi connectivity index (χ4n) is 1.80. The lowest BCUT2D eigenvalue weighted by atomic mass is 10.0. The highest BCUT2D eigenvalue weighted by molar-refractivity contribution is 9.11. The quantitative estimate of drug-likeness (QED) is 0.506. The third kappa shape index (κ3) is 3.69. The van der Waals surface area contributed by atoms with Gasteiger partial charge in [0.15, 0.2) is 0 Å². The Balaban J connectivity index is 2.18. The Labute approximate surface area is 133 Å². The van der Waals surface area contributed by atoms with E-state index in [1.807, 2.05) is 6.07 Å². The van der Waals surface area contributed by atoms with Crippen LogP contribution in [0.1, 0.15) is 21.5 Å². The molecule has 0 aliphatic heterocycles. The van der Waals surface area contributed by atoms with Gasteiger partial charge in [-0.25, -0.2) is 0 Å². The minimum absolute atomic E-state index is 0.312. The molecular weight excluding hydrogens is 420 g/mol. The third-order valence-corrected chi connectivity index (χ3v) is 4.86. The first-order valence-corrected chi connectivity index (χ1v) is 8.21. The zero-order chi connectivity index (χ0) is 13.1. The Morgan fingerprint density at radius 2 is 1.67 bits per heavy atom. The predicted molar refractivity (Wildman–Crippen MR) is 88.4 cm³/mol. The van der Waals surface area contributed by atoms with Crippen LogP contribution in [0.4, 0.5) is 0 Å². The van der Waals surface area contributed by atoms with Crippen molar-refractivity contribution in [3.05, 3.63) is 68.1 Å². The third-order valence-electron chi connectivity index (χ3n) is 2.83. The van der Waals surface area contributed by atoms with E-state index in [0.717, 1.165) is 15.4 Å². The predicted octanol–water partition coefficient (Wildman–Crippen LogP) is 6.20. The Hall–Kier alpha value is -0.120. The van der Waals surface area contributed by atoms with Gasteiger partial charge in [0.05, 0.1) is 0 Å². The number of halogens is 3. The van der Waals surface area contributed by atoms with Crippen molar-refractivity contribution in [1.82, 2.24) is 0 Å². The van der Waals surface area contributed by atoms with Gasteiger partial charge in [0.25, 0.3) is 0 Å². The number of hydrogen-bond donors (Lipinski definition) is 0. The zero-order valence-corrected chi connectivity index (χ0v) is 14.7. The normalized spacial score (nSPS) is 12.4. The maximum Gasteiger partial charge on any atom is 0.0447 e. The van der Waals surface area contributed by atoms with E-state index in [4.69, 9.17) is 0 Å². The molecular formula is C15H13Br3. The number of rotatable bonds is 3. The van der Waals surface area contributed by atoms with Crippen LogP contribution in [0, 0.1) is 6.92 Å². The highest BCUT2D eigenvalue weighted by Crippen LogP contribution is 2.34. The summed E-state index contributed by atoms with van der Waals surface area (Å²) in [4.78, 5) is 0.312. The molecule has 0 heterocycles. The second-order valence-corrected chi connectivity index (χ2v) is 7.20. The van der Waals surface area contributed by atoms with E-state index in [0.29, 0.717) is 4.83 Å². The summed E-state index contributed by atoms with van der Waals surface area (Å²) >= 11 is 10.9. The van der Waals surface area contributed by atoms with E-state index in [-0.39, 0.29) is 0 Å². The molecule has 0 N–H and O–H groups in total. The molecule has 0 aliphatic rings. The lowest BCUT2D eigenvalue weighted by Crippen LogP contribution is -1.96. The maximum atomic E-state index is 3.78. The van der Waals surface area contributed by atoms with Crippen molar-refractivity contribution >= 4 is 47.8 Å². The van der Waals surface area contributed by atoms with Gasteiger partial charge >= 0.3 is 0 Å². The molecule has 1 atom stereocenters. The van der Waals surface area contributed by atoms with Crippen LogP contribution in [0.5, 0.6) is 0 Å². The van der Waals surface area contributed by atoms with Crippen LogP contribution in [0.15, 0.2) is 51.4 Å². The topological polar surface area (TPSA) is 0 Å². The molecule has 0 saturated carbocycles. The van der Waals surface area contributed by atoms with Crippen molar-refractivity contribution in [1.29, 1.82) is 0 Å². The van der Waals surface area contributed by atoms with Crippen molar-refractivity contribution in [3.63, 3.8) is 0 Å². The molecule has 2 aromatic carbocycles. The van der Waals surface area contributed by atoms with Crippen molar-refractivity contribution in [2.45, 2.75) is 18.2 Å². The van der Waals surface area contributed by atoms with Gasteiger partial charge in [0, 0.05) is 13.8 Å². The Bertz CT molecular complexity index is 532. The second kappa shape index (κ2) is 6.36. The summed E-state index contributed by atoms with van der Waals surface area (Å²) in [5.41, 5.74) is 3.91. The summed E-state index contributed by atoms with van der Waals surface area (Å²) in [7, 11) is 0. The molecule has 18 heavy (non-hydrogen) atoms. The first-order valence-electron chi connectivity index (χ1n) is 5.71. The fourth-order valence-corrected chi connectivity index (χ4v) is 3.76. The smallest absolute Gasteiger partial charge is 0.0447 e. The van der Waals surface area contributed by atoms with Crippen molar-refractivity contribution in [3.8, 4) is 0 Å². The molecule has 0 nitrogen and oxygen atoms in total. The summed E-state index contributed by atoms with van der Waals surface area (Å²) in [6.07, 6.45) is 0.981. The summed E-state index contributed by atoms with van der Waals surface area (Å²) in [6.45, 7) is 2.11. The minimum atomic E-state index is 0.312. The summed E-state index contributed by atoms with van der Waals surface area (Å²) < 4.78 is 2.24. The van der Waals surface area contributed by atoms with Crippen LogP contribution >= 0.6 is 47.8 Å². The summed E-state index contributed by atoms with van der Waals surface area (Å²) in [6, 6.07) is 15.0. The van der Waals surface area contributed by atoms with Crippen molar-refractivity contribution in [2.24, 2.45) is 0 Å². The first kappa shape index (κ1) is 14.3. The van der Waals surface area contributed by atoms with E-state index in [9.17, 15) is 0 Å². The molecule has 1 unspecified atom stereocenters. The van der Waals surface area contributed by atoms with Gasteiger partial charge in [-0.1, -0.05) is 77.6 Å². The van der Waals surface area contributed by atoms with Gasteiger partial charge in [0.1, 0.15) is 0 Å². The molecule has 94 valence electrons. The van der Waals surface area contributed by atoms with Crippen molar-refractivity contribution in [2.75, 3.05) is 0 Å². The van der Waals surface area contributed by atoms with E-state index < -0.39 is 0 Å². The highest BCUT2D eigenvalue weighted by atomic mass is 79.9. The molecule has 0 radical (unpaired) electrons.